The van der Waals surface area contributed by atoms with Crippen LogP contribution in [0.4, 0.5) is 0 Å². The van der Waals surface area contributed by atoms with Crippen LogP contribution < -0.4 is 5.32 Å². The lowest BCUT2D eigenvalue weighted by molar-refractivity contribution is 0.568. The molecule has 5 nitrogen and oxygen atoms in total. The Labute approximate surface area is 98.8 Å². The van der Waals surface area contributed by atoms with Gasteiger partial charge in [-0.05, 0) is 19.0 Å². The van der Waals surface area contributed by atoms with E-state index in [0.717, 1.165) is 24.4 Å². The molecule has 0 amide bonds. The molecule has 0 aliphatic rings. The second-order valence-electron chi connectivity index (χ2n) is 3.63. The van der Waals surface area contributed by atoms with E-state index in [9.17, 15) is 0 Å². The standard InChI is InChI=1S/C10H15N5S/c1-3-5-11-10(9-7-12-16-14-9)8-4-6-15(2)13-8/h4,6-7,10-11H,3,5H2,1-2H3. The number of rotatable bonds is 5. The Kier molecular flexibility index (Phi) is 3.63. The Hall–Kier alpha value is -1.27. The maximum absolute atomic E-state index is 4.41. The van der Waals surface area contributed by atoms with Crippen LogP contribution in [-0.2, 0) is 7.05 Å². The van der Waals surface area contributed by atoms with Gasteiger partial charge in [-0.25, -0.2) is 0 Å². The number of nitrogens with zero attached hydrogens (tertiary/aromatic N) is 4. The van der Waals surface area contributed by atoms with Gasteiger partial charge in [0.1, 0.15) is 0 Å². The van der Waals surface area contributed by atoms with Crippen molar-refractivity contribution < 1.29 is 0 Å². The Balaban J connectivity index is 2.21. The van der Waals surface area contributed by atoms with Gasteiger partial charge in [0.25, 0.3) is 0 Å². The van der Waals surface area contributed by atoms with Crippen LogP contribution in [0.5, 0.6) is 0 Å². The van der Waals surface area contributed by atoms with Crippen molar-refractivity contribution in [2.75, 3.05) is 6.54 Å². The van der Waals surface area contributed by atoms with Gasteiger partial charge in [0.2, 0.25) is 0 Å². The molecule has 0 aliphatic carbocycles. The highest BCUT2D eigenvalue weighted by molar-refractivity contribution is 6.99. The molecule has 86 valence electrons. The number of aromatic nitrogens is 4. The van der Waals surface area contributed by atoms with E-state index in [1.165, 1.54) is 11.7 Å². The molecule has 0 saturated carbocycles. The minimum Gasteiger partial charge on any atom is -0.304 e. The summed E-state index contributed by atoms with van der Waals surface area (Å²) in [4.78, 5) is 0. The molecule has 2 heterocycles. The zero-order valence-corrected chi connectivity index (χ0v) is 10.2. The van der Waals surface area contributed by atoms with Crippen molar-refractivity contribution >= 4 is 11.7 Å². The molecule has 2 rings (SSSR count). The molecular formula is C10H15N5S. The Morgan fingerprint density at radius 3 is 2.94 bits per heavy atom. The number of aryl methyl sites for hydroxylation is 1. The second-order valence-corrected chi connectivity index (χ2v) is 4.19. The molecule has 0 aromatic carbocycles. The van der Waals surface area contributed by atoms with Crippen LogP contribution in [0.3, 0.4) is 0 Å². The van der Waals surface area contributed by atoms with Crippen molar-refractivity contribution in [2.45, 2.75) is 19.4 Å². The number of hydrogen-bond acceptors (Lipinski definition) is 5. The summed E-state index contributed by atoms with van der Waals surface area (Å²) in [6.45, 7) is 3.08. The summed E-state index contributed by atoms with van der Waals surface area (Å²) in [5.74, 6) is 0. The predicted octanol–water partition coefficient (Wildman–Crippen LogP) is 1.36. The van der Waals surface area contributed by atoms with Crippen molar-refractivity contribution in [3.8, 4) is 0 Å². The zero-order valence-electron chi connectivity index (χ0n) is 9.42. The monoisotopic (exact) mass is 237 g/mol. The lowest BCUT2D eigenvalue weighted by Gasteiger charge is -2.13. The SMILES string of the molecule is CCCNC(c1cnsn1)c1ccn(C)n1. The maximum atomic E-state index is 4.41. The molecule has 1 N–H and O–H groups in total. The minimum atomic E-state index is 0.0555. The second kappa shape index (κ2) is 5.18. The first-order valence-electron chi connectivity index (χ1n) is 5.31. The minimum absolute atomic E-state index is 0.0555. The first-order chi connectivity index (χ1) is 7.81. The van der Waals surface area contributed by atoms with Gasteiger partial charge in [-0.2, -0.15) is 13.8 Å². The summed E-state index contributed by atoms with van der Waals surface area (Å²) in [5, 5.41) is 7.84. The van der Waals surface area contributed by atoms with Gasteiger partial charge < -0.3 is 5.32 Å². The Bertz CT molecular complexity index is 422. The lowest BCUT2D eigenvalue weighted by Crippen LogP contribution is -2.24. The van der Waals surface area contributed by atoms with Gasteiger partial charge in [0, 0.05) is 13.2 Å². The van der Waals surface area contributed by atoms with Crippen molar-refractivity contribution in [3.05, 3.63) is 29.8 Å². The molecule has 1 unspecified atom stereocenters. The summed E-state index contributed by atoms with van der Waals surface area (Å²) in [6, 6.07) is 2.06. The summed E-state index contributed by atoms with van der Waals surface area (Å²) in [6.07, 6.45) is 4.82. The van der Waals surface area contributed by atoms with E-state index in [1.807, 2.05) is 19.3 Å². The van der Waals surface area contributed by atoms with Gasteiger partial charge in [0.15, 0.2) is 0 Å². The van der Waals surface area contributed by atoms with E-state index < -0.39 is 0 Å². The average Bonchev–Trinajstić information content (AvgIpc) is 2.91. The average molecular weight is 237 g/mol. The third-order valence-corrected chi connectivity index (χ3v) is 2.79. The van der Waals surface area contributed by atoms with Crippen LogP contribution in [0.15, 0.2) is 18.5 Å². The van der Waals surface area contributed by atoms with Gasteiger partial charge in [-0.3, -0.25) is 4.68 Å². The van der Waals surface area contributed by atoms with Crippen molar-refractivity contribution in [1.82, 2.24) is 23.8 Å². The number of hydrogen-bond donors (Lipinski definition) is 1. The molecule has 0 aliphatic heterocycles. The summed E-state index contributed by atoms with van der Waals surface area (Å²) < 4.78 is 10.1. The topological polar surface area (TPSA) is 55.6 Å². The highest BCUT2D eigenvalue weighted by Crippen LogP contribution is 2.18. The van der Waals surface area contributed by atoms with Crippen molar-refractivity contribution in [1.29, 1.82) is 0 Å². The van der Waals surface area contributed by atoms with Crippen LogP contribution >= 0.6 is 11.7 Å². The molecule has 0 radical (unpaired) electrons. The quantitative estimate of drug-likeness (QED) is 0.853. The lowest BCUT2D eigenvalue weighted by atomic mass is 10.1. The van der Waals surface area contributed by atoms with Crippen LogP contribution in [0.25, 0.3) is 0 Å². The molecule has 0 saturated heterocycles. The predicted molar refractivity (Wildman–Crippen MR) is 63.3 cm³/mol. The van der Waals surface area contributed by atoms with E-state index in [1.54, 1.807) is 10.9 Å². The molecule has 16 heavy (non-hydrogen) atoms. The third-order valence-electron chi connectivity index (χ3n) is 2.30. The molecule has 2 aromatic rings. The number of nitrogens with one attached hydrogen (secondary N) is 1. The summed E-state index contributed by atoms with van der Waals surface area (Å²) >= 11 is 1.23. The fraction of sp³-hybridized carbons (Fsp3) is 0.500. The molecule has 0 fully saturated rings. The normalized spacial score (nSPS) is 12.9. The summed E-state index contributed by atoms with van der Waals surface area (Å²) in [5.41, 5.74) is 1.93. The van der Waals surface area contributed by atoms with E-state index in [0.29, 0.717) is 0 Å². The molecular weight excluding hydrogens is 222 g/mol. The Morgan fingerprint density at radius 1 is 1.50 bits per heavy atom. The van der Waals surface area contributed by atoms with Gasteiger partial charge >= 0.3 is 0 Å². The molecule has 6 heteroatoms. The first kappa shape index (κ1) is 11.2. The third kappa shape index (κ3) is 2.45. The van der Waals surface area contributed by atoms with E-state index in [-0.39, 0.29) is 6.04 Å². The molecule has 0 bridgehead atoms. The van der Waals surface area contributed by atoms with Crippen LogP contribution in [0, 0.1) is 0 Å². The largest absolute Gasteiger partial charge is 0.304 e. The van der Waals surface area contributed by atoms with Gasteiger partial charge in [-0.15, -0.1) is 0 Å². The zero-order chi connectivity index (χ0) is 11.4. The van der Waals surface area contributed by atoms with Gasteiger partial charge in [0.05, 0.1) is 35.4 Å². The van der Waals surface area contributed by atoms with E-state index in [4.69, 9.17) is 0 Å². The fourth-order valence-corrected chi connectivity index (χ4v) is 1.98. The van der Waals surface area contributed by atoms with Crippen molar-refractivity contribution in [2.24, 2.45) is 7.05 Å². The Morgan fingerprint density at radius 2 is 2.38 bits per heavy atom. The molecule has 2 aromatic heterocycles. The maximum Gasteiger partial charge on any atom is 0.0974 e. The summed E-state index contributed by atoms with van der Waals surface area (Å²) in [7, 11) is 1.92. The van der Waals surface area contributed by atoms with Crippen molar-refractivity contribution in [3.63, 3.8) is 0 Å². The van der Waals surface area contributed by atoms with Gasteiger partial charge in [-0.1, -0.05) is 6.92 Å². The molecule has 1 atom stereocenters. The highest BCUT2D eigenvalue weighted by atomic mass is 32.1. The van der Waals surface area contributed by atoms with Crippen LogP contribution in [0.2, 0.25) is 0 Å². The van der Waals surface area contributed by atoms with Crippen LogP contribution in [0.1, 0.15) is 30.8 Å². The first-order valence-corrected chi connectivity index (χ1v) is 6.04. The van der Waals surface area contributed by atoms with Crippen LogP contribution in [-0.4, -0.2) is 25.1 Å². The molecule has 0 spiro atoms. The highest BCUT2D eigenvalue weighted by Gasteiger charge is 2.18. The van der Waals surface area contributed by atoms with E-state index in [2.05, 4.69) is 26.1 Å². The smallest absolute Gasteiger partial charge is 0.0974 e. The van der Waals surface area contributed by atoms with E-state index >= 15 is 0 Å². The fourth-order valence-electron chi connectivity index (χ4n) is 1.54.